The van der Waals surface area contributed by atoms with Crippen molar-refractivity contribution in [1.29, 1.82) is 0 Å². The number of hydrogen-bond donors (Lipinski definition) is 0. The average Bonchev–Trinajstić information content (AvgIpc) is 3.95. The van der Waals surface area contributed by atoms with Crippen molar-refractivity contribution in [2.24, 2.45) is 0 Å². The summed E-state index contributed by atoms with van der Waals surface area (Å²) in [5.41, 5.74) is 9.69. The first-order valence-corrected chi connectivity index (χ1v) is 17.7. The Kier molecular flexibility index (Phi) is 5.12. The minimum absolute atomic E-state index is 0.833. The zero-order valence-electron chi connectivity index (χ0n) is 26.5. The van der Waals surface area contributed by atoms with Gasteiger partial charge in [-0.15, -0.1) is 11.3 Å². The fraction of sp³-hybridized carbons (Fsp3) is 0. The molecule has 0 fully saturated rings. The van der Waals surface area contributed by atoms with Gasteiger partial charge in [0.15, 0.2) is 0 Å². The van der Waals surface area contributed by atoms with E-state index < -0.39 is 0 Å². The molecule has 8 aromatic carbocycles. The van der Waals surface area contributed by atoms with Gasteiger partial charge in [0.25, 0.3) is 0 Å². The molecule has 0 amide bonds. The van der Waals surface area contributed by atoms with E-state index >= 15 is 0 Å². The molecule has 4 heteroatoms. The maximum Gasteiger partial charge on any atom is 0.147 e. The Hall–Kier alpha value is -6.36. The topological polar surface area (TPSA) is 39.4 Å². The Labute approximate surface area is 288 Å². The number of para-hydroxylation sites is 3. The van der Waals surface area contributed by atoms with E-state index in [0.29, 0.717) is 0 Å². The predicted octanol–water partition coefficient (Wildman–Crippen LogP) is 14.2. The zero-order valence-corrected chi connectivity index (χ0v) is 27.3. The van der Waals surface area contributed by atoms with E-state index in [9.17, 15) is 0 Å². The molecule has 50 heavy (non-hydrogen) atoms. The van der Waals surface area contributed by atoms with Gasteiger partial charge in [-0.2, -0.15) is 0 Å². The lowest BCUT2D eigenvalue weighted by molar-refractivity contribution is 0.663. The smallest absolute Gasteiger partial charge is 0.147 e. The van der Waals surface area contributed by atoms with Crippen molar-refractivity contribution in [1.82, 2.24) is 0 Å². The fourth-order valence-corrected chi connectivity index (χ4v) is 9.22. The summed E-state index contributed by atoms with van der Waals surface area (Å²) < 4.78 is 21.4. The zero-order chi connectivity index (χ0) is 32.5. The van der Waals surface area contributed by atoms with Gasteiger partial charge >= 0.3 is 0 Å². The molecule has 0 unspecified atom stereocenters. The first-order valence-electron chi connectivity index (χ1n) is 16.8. The molecular weight excluding hydrogens is 633 g/mol. The van der Waals surface area contributed by atoms with Gasteiger partial charge in [-0.25, -0.2) is 0 Å². The molecule has 12 aromatic rings. The number of thiophene rings is 1. The van der Waals surface area contributed by atoms with Gasteiger partial charge in [0, 0.05) is 53.9 Å². The molecule has 0 atom stereocenters. The third-order valence-corrected chi connectivity index (χ3v) is 11.4. The summed E-state index contributed by atoms with van der Waals surface area (Å²) in [5.74, 6) is 0. The van der Waals surface area contributed by atoms with Gasteiger partial charge in [-0.3, -0.25) is 0 Å². The molecule has 0 aliphatic carbocycles. The number of benzene rings is 8. The highest BCUT2D eigenvalue weighted by Gasteiger charge is 2.25. The van der Waals surface area contributed by atoms with E-state index in [2.05, 4.69) is 121 Å². The van der Waals surface area contributed by atoms with E-state index in [1.54, 1.807) is 11.3 Å². The molecule has 0 radical (unpaired) electrons. The van der Waals surface area contributed by atoms with Gasteiger partial charge < -0.3 is 13.3 Å². The van der Waals surface area contributed by atoms with Crippen LogP contribution in [0.4, 0.5) is 0 Å². The van der Waals surface area contributed by atoms with Crippen molar-refractivity contribution >= 4 is 109 Å². The molecule has 0 N–H and O–H groups in total. The van der Waals surface area contributed by atoms with E-state index in [0.717, 1.165) is 104 Å². The van der Waals surface area contributed by atoms with Crippen molar-refractivity contribution in [3.8, 4) is 22.3 Å². The van der Waals surface area contributed by atoms with Crippen LogP contribution in [0.25, 0.3) is 120 Å². The first kappa shape index (κ1) is 26.6. The van der Waals surface area contributed by atoms with Crippen LogP contribution in [-0.4, -0.2) is 0 Å². The average molecular weight is 657 g/mol. The van der Waals surface area contributed by atoms with E-state index in [1.807, 2.05) is 24.3 Å². The molecule has 0 aliphatic heterocycles. The van der Waals surface area contributed by atoms with Crippen LogP contribution in [-0.2, 0) is 0 Å². The summed E-state index contributed by atoms with van der Waals surface area (Å²) in [6.07, 6.45) is 0. The Bertz CT molecular complexity index is 3330. The molecule has 0 aliphatic rings. The van der Waals surface area contributed by atoms with Crippen LogP contribution >= 0.6 is 11.3 Å². The Morgan fingerprint density at radius 1 is 0.360 bits per heavy atom. The van der Waals surface area contributed by atoms with Crippen LogP contribution in [0.15, 0.2) is 158 Å². The summed E-state index contributed by atoms with van der Waals surface area (Å²) in [4.78, 5) is 0. The molecule has 232 valence electrons. The van der Waals surface area contributed by atoms with Crippen molar-refractivity contribution in [3.05, 3.63) is 145 Å². The highest BCUT2D eigenvalue weighted by molar-refractivity contribution is 7.17. The van der Waals surface area contributed by atoms with Gasteiger partial charge in [-0.1, -0.05) is 103 Å². The lowest BCUT2D eigenvalue weighted by atomic mass is 9.85. The van der Waals surface area contributed by atoms with Crippen molar-refractivity contribution < 1.29 is 13.3 Å². The second-order valence-electron chi connectivity index (χ2n) is 13.1. The Balaban J connectivity index is 1.25. The third-order valence-electron chi connectivity index (χ3n) is 10.5. The van der Waals surface area contributed by atoms with Crippen LogP contribution in [0.1, 0.15) is 0 Å². The monoisotopic (exact) mass is 656 g/mol. The van der Waals surface area contributed by atoms with Gasteiger partial charge in [0.05, 0.1) is 5.39 Å². The standard InChI is InChI=1S/C46H24O3S/c1-3-13-29-27(11-1)41(33-17-9-16-31-34-24-40-25(20-21-50-40)22-39(34)49-44(31)33)28-12-2-4-14-30(28)42(29)36-23-35-26-10-5-7-18-37(26)47-45(35)43-32-15-6-8-19-38(32)48-46(36)43/h1-24H. The number of rotatable bonds is 2. The lowest BCUT2D eigenvalue weighted by Gasteiger charge is -2.18. The molecular formula is C46H24O3S. The Morgan fingerprint density at radius 2 is 0.940 bits per heavy atom. The largest absolute Gasteiger partial charge is 0.455 e. The normalized spacial score (nSPS) is 12.4. The lowest BCUT2D eigenvalue weighted by Crippen LogP contribution is -1.91. The molecule has 0 spiro atoms. The van der Waals surface area contributed by atoms with Crippen molar-refractivity contribution in [3.63, 3.8) is 0 Å². The molecule has 0 saturated carbocycles. The minimum Gasteiger partial charge on any atom is -0.455 e. The molecule has 0 bridgehead atoms. The molecule has 0 saturated heterocycles. The summed E-state index contributed by atoms with van der Waals surface area (Å²) >= 11 is 1.77. The van der Waals surface area contributed by atoms with Gasteiger partial charge in [0.2, 0.25) is 0 Å². The highest BCUT2D eigenvalue weighted by atomic mass is 32.1. The van der Waals surface area contributed by atoms with Crippen LogP contribution in [0.3, 0.4) is 0 Å². The summed E-state index contributed by atoms with van der Waals surface area (Å²) in [6, 6.07) is 49.6. The van der Waals surface area contributed by atoms with Crippen molar-refractivity contribution in [2.45, 2.75) is 0 Å². The predicted molar refractivity (Wildman–Crippen MR) is 210 cm³/mol. The van der Waals surface area contributed by atoms with E-state index in [-0.39, 0.29) is 0 Å². The maximum atomic E-state index is 6.80. The molecule has 3 nitrogen and oxygen atoms in total. The van der Waals surface area contributed by atoms with Crippen LogP contribution < -0.4 is 0 Å². The fourth-order valence-electron chi connectivity index (χ4n) is 8.41. The molecule has 4 aromatic heterocycles. The van der Waals surface area contributed by atoms with E-state index in [4.69, 9.17) is 13.3 Å². The third kappa shape index (κ3) is 3.43. The van der Waals surface area contributed by atoms with E-state index in [1.165, 1.54) is 15.6 Å². The number of fused-ring (bicyclic) bond motifs is 13. The molecule has 4 heterocycles. The number of furan rings is 3. The summed E-state index contributed by atoms with van der Waals surface area (Å²) in [5, 5.41) is 14.5. The summed E-state index contributed by atoms with van der Waals surface area (Å²) in [7, 11) is 0. The van der Waals surface area contributed by atoms with Gasteiger partial charge in [-0.05, 0) is 68.7 Å². The summed E-state index contributed by atoms with van der Waals surface area (Å²) in [6.45, 7) is 0. The quantitative estimate of drug-likeness (QED) is 0.174. The maximum absolute atomic E-state index is 6.80. The number of hydrogen-bond acceptors (Lipinski definition) is 4. The first-order chi connectivity index (χ1) is 24.8. The van der Waals surface area contributed by atoms with Gasteiger partial charge in [0.1, 0.15) is 33.5 Å². The van der Waals surface area contributed by atoms with Crippen molar-refractivity contribution in [2.75, 3.05) is 0 Å². The second kappa shape index (κ2) is 9.63. The van der Waals surface area contributed by atoms with Crippen LogP contribution in [0.5, 0.6) is 0 Å². The van der Waals surface area contributed by atoms with Crippen LogP contribution in [0, 0.1) is 0 Å². The highest BCUT2D eigenvalue weighted by Crippen LogP contribution is 2.50. The second-order valence-corrected chi connectivity index (χ2v) is 14.1. The Morgan fingerprint density at radius 3 is 1.68 bits per heavy atom. The SMILES string of the molecule is c1ccc2c(c1)oc1c2cc(-c2c3ccccc3c(-c3cccc4c3oc3cc5ccsc5cc34)c3ccccc23)c2oc3ccccc3c21. The van der Waals surface area contributed by atoms with Crippen LogP contribution in [0.2, 0.25) is 0 Å². The minimum atomic E-state index is 0.833. The molecule has 12 rings (SSSR count).